The molecular weight excluding hydrogens is 1300 g/mol. The van der Waals surface area contributed by atoms with Crippen molar-refractivity contribution < 1.29 is 97.7 Å². The standard InChI is InChI=1S/C38H115O19Si19.Li/c1-58(2)40-60(5,6)42-62(9,10)44-64(13,14)46-66(17,18)48-68(21,22)50-70(25,26)52-72(29,30)54-74(33,34)56-76(37,38)57-75(35,36)55-73(31,32)53-71(27,28)51-69(23,24)49-67(19,20)47-65(15,16)45-63(11,12)43-61(7,8)41-59(3,4)39;/h58H,1-38H3;/q-1;+1. The third kappa shape index (κ3) is 39.5. The Labute approximate surface area is 505 Å². The smallest absolute Gasteiger partial charge is 0.839 e. The first-order valence-electron chi connectivity index (χ1n) is 26.7. The van der Waals surface area contributed by atoms with Crippen LogP contribution in [0.2, 0.25) is 249 Å². The molecule has 0 heterocycles. The third-order valence-corrected chi connectivity index (χ3v) is 79.9. The molecule has 0 aliphatic heterocycles. The van der Waals surface area contributed by atoms with Crippen LogP contribution in [-0.4, -0.2) is 163 Å². The van der Waals surface area contributed by atoms with Crippen LogP contribution in [0.4, 0.5) is 0 Å². The van der Waals surface area contributed by atoms with Gasteiger partial charge in [-0.15, -0.1) is 0 Å². The van der Waals surface area contributed by atoms with Crippen LogP contribution in [0.15, 0.2) is 0 Å². The van der Waals surface area contributed by atoms with Gasteiger partial charge in [-0.2, -0.15) is 0 Å². The maximum atomic E-state index is 12.5. The van der Waals surface area contributed by atoms with E-state index in [1.54, 1.807) is 13.1 Å². The molecule has 0 aromatic carbocycles. The Morgan fingerprint density at radius 2 is 0.273 bits per heavy atom. The second kappa shape index (κ2) is 28.2. The minimum absolute atomic E-state index is 0. The topological polar surface area (TPSA) is 189 Å². The molecule has 0 aliphatic carbocycles. The summed E-state index contributed by atoms with van der Waals surface area (Å²) < 4.78 is 121. The molecule has 0 aromatic rings. The van der Waals surface area contributed by atoms with Crippen LogP contribution in [0.3, 0.4) is 0 Å². The van der Waals surface area contributed by atoms with Crippen molar-refractivity contribution in [1.29, 1.82) is 0 Å². The maximum absolute atomic E-state index is 12.5. The van der Waals surface area contributed by atoms with E-state index in [0.29, 0.717) is 0 Å². The molecule has 0 rings (SSSR count). The Morgan fingerprint density at radius 1 is 0.182 bits per heavy atom. The van der Waals surface area contributed by atoms with E-state index in [-0.39, 0.29) is 18.9 Å². The monoisotopic (exact) mass is 1410 g/mol. The van der Waals surface area contributed by atoms with Crippen molar-refractivity contribution in [3.8, 4) is 0 Å². The second-order valence-electron chi connectivity index (χ2n) is 28.1. The van der Waals surface area contributed by atoms with Gasteiger partial charge in [0.25, 0.3) is 0 Å². The van der Waals surface area contributed by atoms with Crippen molar-refractivity contribution in [2.75, 3.05) is 0 Å². The Bertz CT molecular complexity index is 1850. The summed E-state index contributed by atoms with van der Waals surface area (Å²) in [5, 5.41) is 0. The van der Waals surface area contributed by atoms with Gasteiger partial charge >= 0.3 is 164 Å². The van der Waals surface area contributed by atoms with Crippen molar-refractivity contribution in [2.24, 2.45) is 0 Å². The molecule has 0 saturated heterocycles. The minimum atomic E-state index is -3.04. The zero-order valence-corrected chi connectivity index (χ0v) is 75.5. The van der Waals surface area contributed by atoms with E-state index in [0.717, 1.165) is 0 Å². The van der Waals surface area contributed by atoms with Gasteiger partial charge in [-0.3, -0.25) is 0 Å². The van der Waals surface area contributed by atoms with Crippen molar-refractivity contribution >= 4 is 163 Å². The van der Waals surface area contributed by atoms with E-state index in [2.05, 4.69) is 105 Å². The molecule has 0 fully saturated rings. The normalized spacial score (nSPS) is 15.9. The molecule has 0 radical (unpaired) electrons. The van der Waals surface area contributed by atoms with Gasteiger partial charge in [0.05, 0.1) is 8.56 Å². The van der Waals surface area contributed by atoms with Crippen LogP contribution in [0.25, 0.3) is 0 Å². The fraction of sp³-hybridized carbons (Fsp3) is 1.00. The molecule has 0 spiro atoms. The molecule has 0 saturated carbocycles. The molecule has 19 nitrogen and oxygen atoms in total. The number of rotatable bonds is 36. The van der Waals surface area contributed by atoms with E-state index in [1.807, 2.05) is 131 Å². The fourth-order valence-corrected chi connectivity index (χ4v) is 105. The van der Waals surface area contributed by atoms with Crippen LogP contribution < -0.4 is 23.7 Å². The first kappa shape index (κ1) is 83.0. The van der Waals surface area contributed by atoms with Crippen LogP contribution in [0, 0.1) is 0 Å². The molecule has 0 atom stereocenters. The van der Waals surface area contributed by atoms with E-state index in [4.69, 9.17) is 74.1 Å². The van der Waals surface area contributed by atoms with Crippen LogP contribution in [0.5, 0.6) is 0 Å². The molecule has 458 valence electrons. The van der Waals surface area contributed by atoms with E-state index < -0.39 is 163 Å². The summed E-state index contributed by atoms with van der Waals surface area (Å²) in [5.41, 5.74) is 0. The molecule has 0 bridgehead atoms. The first-order chi connectivity index (χ1) is 32.4. The van der Waals surface area contributed by atoms with E-state index in [1.165, 1.54) is 0 Å². The summed E-state index contributed by atoms with van der Waals surface area (Å²) in [6.45, 7) is 76.9. The van der Waals surface area contributed by atoms with Gasteiger partial charge in [0.1, 0.15) is 0 Å². The molecule has 0 amide bonds. The molecule has 77 heavy (non-hydrogen) atoms. The summed E-state index contributed by atoms with van der Waals surface area (Å²) in [4.78, 5) is 12.5. The van der Waals surface area contributed by atoms with Gasteiger partial charge in [-0.05, 0) is 236 Å². The zero-order valence-electron chi connectivity index (χ0n) is 56.3. The molecule has 0 aromatic heterocycles. The first-order valence-corrected chi connectivity index (χ1v) is 80.2. The second-order valence-corrected chi connectivity index (χ2v) is 95.4. The summed E-state index contributed by atoms with van der Waals surface area (Å²) in [5.74, 6) is 0. The Morgan fingerprint density at radius 3 is 0.364 bits per heavy atom. The van der Waals surface area contributed by atoms with Gasteiger partial charge in [-0.1, -0.05) is 13.1 Å². The van der Waals surface area contributed by atoms with E-state index in [9.17, 15) is 4.80 Å². The number of hydrogen-bond acceptors (Lipinski definition) is 19. The summed E-state index contributed by atoms with van der Waals surface area (Å²) in [6, 6.07) is 0. The van der Waals surface area contributed by atoms with Gasteiger partial charge in [0.2, 0.25) is 0 Å². The molecule has 39 heteroatoms. The largest absolute Gasteiger partial charge is 1.00 e. The predicted molar refractivity (Wildman–Crippen MR) is 353 cm³/mol. The SMILES string of the molecule is C[SiH](C)O[Si](C)(C)O[Si](C)(C)O[Si](C)(C)O[Si](C)(C)O[Si](C)(C)O[Si](C)(C)O[Si](C)(C)O[Si](C)(C)O[Si](C)(C)O[Si](C)(C)O[Si](C)(C)O[Si](C)(C)O[Si](C)(C)O[Si](C)(C)O[Si](C)(C)O[Si](C)(C)O[Si](C)(C)O[Si](C)(C)[O-].[Li+]. The third-order valence-electron chi connectivity index (χ3n) is 8.88. The summed E-state index contributed by atoms with van der Waals surface area (Å²) in [7, 11) is -51.2. The van der Waals surface area contributed by atoms with Crippen LogP contribution >= 0.6 is 0 Å². The van der Waals surface area contributed by atoms with Crippen LogP contribution in [-0.2, 0) is 74.1 Å². The van der Waals surface area contributed by atoms with E-state index >= 15 is 0 Å². The fourth-order valence-electron chi connectivity index (χ4n) is 11.0. The summed E-state index contributed by atoms with van der Waals surface area (Å²) in [6.07, 6.45) is 0. The number of hydrogen-bond donors (Lipinski definition) is 0. The van der Waals surface area contributed by atoms with Crippen molar-refractivity contribution in [3.63, 3.8) is 0 Å². The van der Waals surface area contributed by atoms with Gasteiger partial charge < -0.3 is 78.9 Å². The molecular formula is C38H115LiO19Si19. The average molecular weight is 1420 g/mol. The Balaban J connectivity index is 0. The van der Waals surface area contributed by atoms with Crippen molar-refractivity contribution in [1.82, 2.24) is 0 Å². The molecule has 0 aliphatic rings. The quantitative estimate of drug-likeness (QED) is 0.0539. The van der Waals surface area contributed by atoms with Crippen LogP contribution in [0.1, 0.15) is 0 Å². The average Bonchev–Trinajstić information content (AvgIpc) is 2.87. The zero-order chi connectivity index (χ0) is 61.3. The van der Waals surface area contributed by atoms with Crippen molar-refractivity contribution in [2.45, 2.75) is 249 Å². The van der Waals surface area contributed by atoms with Gasteiger partial charge in [0, 0.05) is 0 Å². The van der Waals surface area contributed by atoms with Crippen molar-refractivity contribution in [3.05, 3.63) is 0 Å². The summed E-state index contributed by atoms with van der Waals surface area (Å²) >= 11 is 0. The molecule has 0 N–H and O–H groups in total. The maximum Gasteiger partial charge on any atom is 1.00 e. The minimum Gasteiger partial charge on any atom is -0.839 e. The van der Waals surface area contributed by atoms with Gasteiger partial charge in [0.15, 0.2) is 9.04 Å². The Kier molecular flexibility index (Phi) is 30.4. The predicted octanol–water partition coefficient (Wildman–Crippen LogP) is 9.27. The molecule has 0 unspecified atom stereocenters. The van der Waals surface area contributed by atoms with Gasteiger partial charge in [-0.25, -0.2) is 0 Å². The Hall–Kier alpha value is 3.96.